The van der Waals surface area contributed by atoms with E-state index in [0.717, 1.165) is 34.9 Å². The highest BCUT2D eigenvalue weighted by Crippen LogP contribution is 2.45. The number of benzene rings is 2. The molecule has 1 aliphatic heterocycles. The fourth-order valence-corrected chi connectivity index (χ4v) is 4.65. The van der Waals surface area contributed by atoms with Crippen molar-refractivity contribution in [2.75, 3.05) is 14.2 Å². The Morgan fingerprint density at radius 1 is 0.967 bits per heavy atom. The first-order valence-electron chi connectivity index (χ1n) is 10.0. The number of hydrogen-bond acceptors (Lipinski definition) is 6. The lowest BCUT2D eigenvalue weighted by Gasteiger charge is -2.28. The van der Waals surface area contributed by atoms with E-state index >= 15 is 0 Å². The fraction of sp³-hybridized carbons (Fsp3) is 0.333. The molecule has 1 aliphatic carbocycles. The zero-order valence-corrected chi connectivity index (χ0v) is 17.2. The van der Waals surface area contributed by atoms with E-state index < -0.39 is 6.10 Å². The van der Waals surface area contributed by atoms with Gasteiger partial charge in [-0.1, -0.05) is 0 Å². The maximum Gasteiger partial charge on any atom is 0.339 e. The summed E-state index contributed by atoms with van der Waals surface area (Å²) in [7, 11) is 3.17. The van der Waals surface area contributed by atoms with Crippen molar-refractivity contribution < 1.29 is 23.4 Å². The van der Waals surface area contributed by atoms with E-state index in [9.17, 15) is 9.59 Å². The second-order valence-electron chi connectivity index (χ2n) is 7.85. The minimum absolute atomic E-state index is 0.0142. The van der Waals surface area contributed by atoms with Crippen molar-refractivity contribution in [3.8, 4) is 17.2 Å². The molecule has 0 unspecified atom stereocenters. The van der Waals surface area contributed by atoms with Gasteiger partial charge >= 0.3 is 5.63 Å². The molecule has 2 heterocycles. The number of carbonyl (C=O) groups excluding carboxylic acids is 1. The van der Waals surface area contributed by atoms with Gasteiger partial charge in [-0.15, -0.1) is 0 Å². The predicted octanol–water partition coefficient (Wildman–Crippen LogP) is 4.31. The van der Waals surface area contributed by atoms with Crippen LogP contribution < -0.4 is 19.8 Å². The van der Waals surface area contributed by atoms with Crippen molar-refractivity contribution >= 4 is 16.8 Å². The van der Waals surface area contributed by atoms with Gasteiger partial charge in [0, 0.05) is 17.2 Å². The summed E-state index contributed by atoms with van der Waals surface area (Å²) in [6.07, 6.45) is 2.10. The minimum atomic E-state index is -0.483. The van der Waals surface area contributed by atoms with Gasteiger partial charge in [0.15, 0.2) is 5.78 Å². The van der Waals surface area contributed by atoms with Crippen molar-refractivity contribution in [1.29, 1.82) is 0 Å². The van der Waals surface area contributed by atoms with Crippen molar-refractivity contribution in [3.05, 3.63) is 62.5 Å². The Bertz CT molecular complexity index is 1230. The van der Waals surface area contributed by atoms with Gasteiger partial charge < -0.3 is 18.6 Å². The average Bonchev–Trinajstić information content (AvgIpc) is 3.23. The number of rotatable bonds is 3. The smallest absolute Gasteiger partial charge is 0.339 e. The number of carbonyl (C=O) groups is 1. The number of ketones is 1. The van der Waals surface area contributed by atoms with E-state index in [1.807, 2.05) is 19.1 Å². The van der Waals surface area contributed by atoms with Gasteiger partial charge in [0.1, 0.15) is 28.9 Å². The van der Waals surface area contributed by atoms with Crippen LogP contribution >= 0.6 is 0 Å². The largest absolute Gasteiger partial charge is 0.497 e. The average molecular weight is 406 g/mol. The Labute approximate surface area is 173 Å². The fourth-order valence-electron chi connectivity index (χ4n) is 4.65. The van der Waals surface area contributed by atoms with Crippen LogP contribution in [0.4, 0.5) is 0 Å². The Morgan fingerprint density at radius 3 is 2.37 bits per heavy atom. The Morgan fingerprint density at radius 2 is 1.67 bits per heavy atom. The molecule has 0 saturated heterocycles. The van der Waals surface area contributed by atoms with E-state index in [2.05, 4.69) is 0 Å². The minimum Gasteiger partial charge on any atom is -0.497 e. The molecule has 5 rings (SSSR count). The van der Waals surface area contributed by atoms with Gasteiger partial charge in [0.2, 0.25) is 0 Å². The van der Waals surface area contributed by atoms with Crippen molar-refractivity contribution in [3.63, 3.8) is 0 Å². The van der Waals surface area contributed by atoms with Crippen LogP contribution in [0.25, 0.3) is 11.0 Å². The molecule has 6 nitrogen and oxygen atoms in total. The van der Waals surface area contributed by atoms with Crippen LogP contribution in [0.3, 0.4) is 0 Å². The lowest BCUT2D eigenvalue weighted by atomic mass is 9.90. The normalized spacial score (nSPS) is 17.4. The van der Waals surface area contributed by atoms with Crippen LogP contribution in [0.2, 0.25) is 0 Å². The molecule has 0 spiro atoms. The van der Waals surface area contributed by atoms with Gasteiger partial charge in [-0.25, -0.2) is 4.79 Å². The lowest BCUT2D eigenvalue weighted by molar-refractivity contribution is 0.0851. The number of ether oxygens (including phenoxy) is 3. The first kappa shape index (κ1) is 18.7. The summed E-state index contributed by atoms with van der Waals surface area (Å²) in [5.74, 6) is 1.80. The maximum atomic E-state index is 13.2. The van der Waals surface area contributed by atoms with Gasteiger partial charge in [0.05, 0.1) is 31.6 Å². The summed E-state index contributed by atoms with van der Waals surface area (Å²) in [4.78, 5) is 25.6. The highest BCUT2D eigenvalue weighted by Gasteiger charge is 2.34. The molecule has 6 heteroatoms. The van der Waals surface area contributed by atoms with Gasteiger partial charge in [0.25, 0.3) is 0 Å². The molecule has 0 fully saturated rings. The Balaban J connectivity index is 1.72. The van der Waals surface area contributed by atoms with Crippen LogP contribution in [0.5, 0.6) is 17.2 Å². The van der Waals surface area contributed by atoms with Crippen LogP contribution in [-0.4, -0.2) is 20.0 Å². The van der Waals surface area contributed by atoms with E-state index in [4.69, 9.17) is 18.6 Å². The summed E-state index contributed by atoms with van der Waals surface area (Å²) in [6.45, 7) is 1.85. The summed E-state index contributed by atoms with van der Waals surface area (Å²) >= 11 is 0. The van der Waals surface area contributed by atoms with E-state index in [1.54, 1.807) is 26.4 Å². The van der Waals surface area contributed by atoms with Crippen LogP contribution in [0.1, 0.15) is 51.6 Å². The van der Waals surface area contributed by atoms with Crippen LogP contribution in [-0.2, 0) is 12.8 Å². The zero-order valence-electron chi connectivity index (χ0n) is 17.2. The summed E-state index contributed by atoms with van der Waals surface area (Å²) in [5.41, 5.74) is 3.99. The predicted molar refractivity (Wildman–Crippen MR) is 111 cm³/mol. The van der Waals surface area contributed by atoms with Crippen molar-refractivity contribution in [2.45, 2.75) is 38.7 Å². The zero-order chi connectivity index (χ0) is 21.0. The molecule has 0 N–H and O–H groups in total. The van der Waals surface area contributed by atoms with Gasteiger partial charge in [-0.05, 0) is 55.5 Å². The highest BCUT2D eigenvalue weighted by atomic mass is 16.5. The van der Waals surface area contributed by atoms with Crippen LogP contribution in [0.15, 0.2) is 33.5 Å². The second-order valence-corrected chi connectivity index (χ2v) is 7.85. The third-order valence-electron chi connectivity index (χ3n) is 6.07. The lowest BCUT2D eigenvalue weighted by Crippen LogP contribution is -2.22. The van der Waals surface area contributed by atoms with E-state index in [-0.39, 0.29) is 17.8 Å². The second kappa shape index (κ2) is 6.90. The van der Waals surface area contributed by atoms with Gasteiger partial charge in [-0.2, -0.15) is 0 Å². The summed E-state index contributed by atoms with van der Waals surface area (Å²) in [6, 6.07) is 7.27. The molecular weight excluding hydrogens is 384 g/mol. The van der Waals surface area contributed by atoms with E-state index in [0.29, 0.717) is 40.4 Å². The number of hydrogen-bond donors (Lipinski definition) is 0. The molecule has 0 amide bonds. The summed E-state index contributed by atoms with van der Waals surface area (Å²) in [5, 5.41) is 0.760. The molecule has 30 heavy (non-hydrogen) atoms. The number of fused-ring (bicyclic) bond motifs is 5. The molecule has 2 aromatic carbocycles. The monoisotopic (exact) mass is 406 g/mol. The molecule has 0 bridgehead atoms. The van der Waals surface area contributed by atoms with Crippen LogP contribution in [0, 0.1) is 6.92 Å². The third kappa shape index (κ3) is 2.78. The highest BCUT2D eigenvalue weighted by molar-refractivity contribution is 6.07. The molecule has 1 aromatic heterocycles. The molecule has 2 aliphatic rings. The Hall–Kier alpha value is -3.28. The molecular formula is C24H22O6. The molecule has 1 atom stereocenters. The number of methoxy groups -OCH3 is 2. The molecule has 3 aromatic rings. The first-order valence-corrected chi connectivity index (χ1v) is 10.0. The molecule has 0 saturated carbocycles. The standard InChI is InChI=1S/C24H22O6/c1-12-7-20-22(16-5-4-6-17(16)24(26)30-20)23-21(12)18(25)11-19(29-23)13-8-14(27-2)10-15(9-13)28-3/h7-10,19H,4-6,11H2,1-3H3/t19-/m0/s1. The topological polar surface area (TPSA) is 75.0 Å². The van der Waals surface area contributed by atoms with Crippen molar-refractivity contribution in [1.82, 2.24) is 0 Å². The third-order valence-corrected chi connectivity index (χ3v) is 6.07. The number of aryl methyl sites for hydroxylation is 2. The number of Topliss-reactive ketones (excluding diaryl/α,β-unsaturated/α-hetero) is 1. The summed E-state index contributed by atoms with van der Waals surface area (Å²) < 4.78 is 22.8. The Kier molecular flexibility index (Phi) is 4.31. The SMILES string of the molecule is COc1cc(OC)cc([C@@H]2CC(=O)c3c(C)cc4oc(=O)c5c(c4c3O2)CCC5)c1. The quantitative estimate of drug-likeness (QED) is 0.603. The molecule has 154 valence electrons. The van der Waals surface area contributed by atoms with Gasteiger partial charge in [-0.3, -0.25) is 4.79 Å². The maximum absolute atomic E-state index is 13.2. The molecule has 0 radical (unpaired) electrons. The van der Waals surface area contributed by atoms with Crippen molar-refractivity contribution in [2.24, 2.45) is 0 Å². The van der Waals surface area contributed by atoms with E-state index in [1.165, 1.54) is 0 Å². The first-order chi connectivity index (χ1) is 14.5.